The molecule has 0 nitrogen and oxygen atoms in total. The maximum Gasteiger partial charge on any atom is 0.00888 e. The minimum atomic E-state index is 1.02. The SMILES string of the molecule is CC/C=C/C#CCl. The number of rotatable bonds is 1. The summed E-state index contributed by atoms with van der Waals surface area (Å²) in [5.41, 5.74) is 0. The van der Waals surface area contributed by atoms with E-state index in [1.54, 1.807) is 6.08 Å². The van der Waals surface area contributed by atoms with Gasteiger partial charge in [-0.15, -0.1) is 0 Å². The van der Waals surface area contributed by atoms with Gasteiger partial charge in [-0.25, -0.2) is 0 Å². The van der Waals surface area contributed by atoms with Crippen molar-refractivity contribution in [2.24, 2.45) is 0 Å². The van der Waals surface area contributed by atoms with E-state index < -0.39 is 0 Å². The molecule has 0 saturated heterocycles. The van der Waals surface area contributed by atoms with Gasteiger partial charge in [0.05, 0.1) is 0 Å². The van der Waals surface area contributed by atoms with Crippen LogP contribution in [0.1, 0.15) is 13.3 Å². The summed E-state index contributed by atoms with van der Waals surface area (Å²) < 4.78 is 0. The predicted molar refractivity (Wildman–Crippen MR) is 33.1 cm³/mol. The van der Waals surface area contributed by atoms with Gasteiger partial charge in [0.1, 0.15) is 0 Å². The molecule has 0 atom stereocenters. The summed E-state index contributed by atoms with van der Waals surface area (Å²) in [4.78, 5) is 0. The normalized spacial score (nSPS) is 8.29. The van der Waals surface area contributed by atoms with E-state index in [4.69, 9.17) is 11.6 Å². The van der Waals surface area contributed by atoms with Gasteiger partial charge in [0, 0.05) is 5.38 Å². The van der Waals surface area contributed by atoms with Crippen LogP contribution in [0, 0.1) is 11.3 Å². The van der Waals surface area contributed by atoms with Crippen LogP contribution in [-0.4, -0.2) is 0 Å². The Morgan fingerprint density at radius 2 is 2.43 bits per heavy atom. The molecule has 7 heavy (non-hydrogen) atoms. The van der Waals surface area contributed by atoms with Gasteiger partial charge in [-0.3, -0.25) is 0 Å². The fraction of sp³-hybridized carbons (Fsp3) is 0.333. The fourth-order valence-corrected chi connectivity index (χ4v) is 0.271. The molecule has 0 rings (SSSR count). The smallest absolute Gasteiger partial charge is 0.00888 e. The molecule has 0 spiro atoms. The molecule has 0 aromatic carbocycles. The molecule has 0 fully saturated rings. The molecule has 0 aliphatic heterocycles. The summed E-state index contributed by atoms with van der Waals surface area (Å²) >= 11 is 5.02. The summed E-state index contributed by atoms with van der Waals surface area (Å²) in [6, 6.07) is 0. The predicted octanol–water partition coefficient (Wildman–Crippen LogP) is 2.15. The van der Waals surface area contributed by atoms with Gasteiger partial charge in [0.15, 0.2) is 0 Å². The lowest BCUT2D eigenvalue weighted by atomic mass is 10.4. The van der Waals surface area contributed by atoms with Crippen molar-refractivity contribution in [3.05, 3.63) is 12.2 Å². The highest BCUT2D eigenvalue weighted by atomic mass is 35.5. The van der Waals surface area contributed by atoms with Gasteiger partial charge in [0.25, 0.3) is 0 Å². The van der Waals surface area contributed by atoms with Crippen LogP contribution in [0.15, 0.2) is 12.2 Å². The third kappa shape index (κ3) is 5.59. The van der Waals surface area contributed by atoms with E-state index in [-0.39, 0.29) is 0 Å². The largest absolute Gasteiger partial charge is 0.0764 e. The fourth-order valence-electron chi connectivity index (χ4n) is 0.208. The van der Waals surface area contributed by atoms with E-state index in [1.807, 2.05) is 13.0 Å². The van der Waals surface area contributed by atoms with Crippen molar-refractivity contribution in [1.82, 2.24) is 0 Å². The van der Waals surface area contributed by atoms with Crippen molar-refractivity contribution in [3.63, 3.8) is 0 Å². The van der Waals surface area contributed by atoms with E-state index in [1.165, 1.54) is 0 Å². The Morgan fingerprint density at radius 1 is 1.71 bits per heavy atom. The lowest BCUT2D eigenvalue weighted by Gasteiger charge is -1.66. The Bertz CT molecular complexity index is 103. The average molecular weight is 115 g/mol. The average Bonchev–Trinajstić information content (AvgIpc) is 1.69. The van der Waals surface area contributed by atoms with E-state index >= 15 is 0 Å². The van der Waals surface area contributed by atoms with E-state index in [0.29, 0.717) is 0 Å². The molecule has 0 radical (unpaired) electrons. The van der Waals surface area contributed by atoms with Crippen LogP contribution in [0.3, 0.4) is 0 Å². The highest BCUT2D eigenvalue weighted by molar-refractivity contribution is 6.30. The van der Waals surface area contributed by atoms with Crippen molar-refractivity contribution >= 4 is 11.6 Å². The molecule has 0 aliphatic carbocycles. The standard InChI is InChI=1S/C6H7Cl/c1-2-3-4-5-6-7/h3-4H,2H2,1H3/b4-3+. The molecule has 0 heterocycles. The second-order valence-corrected chi connectivity index (χ2v) is 1.24. The molecule has 0 amide bonds. The van der Waals surface area contributed by atoms with Gasteiger partial charge in [-0.1, -0.05) is 18.9 Å². The first-order valence-corrected chi connectivity index (χ1v) is 2.55. The van der Waals surface area contributed by atoms with E-state index in [2.05, 4.69) is 11.3 Å². The maximum atomic E-state index is 5.02. The molecular weight excluding hydrogens is 108 g/mol. The molecule has 38 valence electrons. The van der Waals surface area contributed by atoms with Crippen molar-refractivity contribution in [2.75, 3.05) is 0 Å². The highest BCUT2D eigenvalue weighted by Crippen LogP contribution is 1.76. The van der Waals surface area contributed by atoms with Crippen LogP contribution in [0.4, 0.5) is 0 Å². The second-order valence-electron chi connectivity index (χ2n) is 1.05. The first kappa shape index (κ1) is 6.59. The Balaban J connectivity index is 3.21. The molecule has 0 saturated carbocycles. The molecule has 0 aliphatic rings. The Hall–Kier alpha value is -0.410. The van der Waals surface area contributed by atoms with Gasteiger partial charge < -0.3 is 0 Å². The molecular formula is C6H7Cl. The minimum absolute atomic E-state index is 1.02. The summed E-state index contributed by atoms with van der Waals surface area (Å²) in [7, 11) is 0. The number of allylic oxidation sites excluding steroid dienone is 2. The minimum Gasteiger partial charge on any atom is -0.0764 e. The van der Waals surface area contributed by atoms with E-state index in [0.717, 1.165) is 6.42 Å². The number of halogens is 1. The van der Waals surface area contributed by atoms with Gasteiger partial charge >= 0.3 is 0 Å². The van der Waals surface area contributed by atoms with Crippen molar-refractivity contribution < 1.29 is 0 Å². The second kappa shape index (κ2) is 5.59. The molecule has 0 N–H and O–H groups in total. The van der Waals surface area contributed by atoms with Crippen LogP contribution in [-0.2, 0) is 0 Å². The summed E-state index contributed by atoms with van der Waals surface area (Å²) in [5, 5.41) is 2.24. The molecule has 0 aromatic heterocycles. The third-order valence-electron chi connectivity index (χ3n) is 0.491. The topological polar surface area (TPSA) is 0 Å². The van der Waals surface area contributed by atoms with Crippen molar-refractivity contribution in [1.29, 1.82) is 0 Å². The lowest BCUT2D eigenvalue weighted by Crippen LogP contribution is -1.48. The number of hydrogen-bond acceptors (Lipinski definition) is 0. The quantitative estimate of drug-likeness (QED) is 0.459. The monoisotopic (exact) mass is 114 g/mol. The van der Waals surface area contributed by atoms with Crippen molar-refractivity contribution in [2.45, 2.75) is 13.3 Å². The molecule has 0 unspecified atom stereocenters. The van der Waals surface area contributed by atoms with Crippen molar-refractivity contribution in [3.8, 4) is 11.3 Å². The molecule has 0 bridgehead atoms. The first-order valence-electron chi connectivity index (χ1n) is 2.18. The number of hydrogen-bond donors (Lipinski definition) is 0. The van der Waals surface area contributed by atoms with Gasteiger partial charge in [0.2, 0.25) is 0 Å². The van der Waals surface area contributed by atoms with Crippen LogP contribution >= 0.6 is 11.6 Å². The zero-order valence-electron chi connectivity index (χ0n) is 4.24. The zero-order valence-corrected chi connectivity index (χ0v) is 5.00. The first-order chi connectivity index (χ1) is 3.41. The van der Waals surface area contributed by atoms with E-state index in [9.17, 15) is 0 Å². The van der Waals surface area contributed by atoms with Gasteiger partial charge in [-0.2, -0.15) is 0 Å². The van der Waals surface area contributed by atoms with Gasteiger partial charge in [-0.05, 0) is 24.1 Å². The Morgan fingerprint density at radius 3 is 2.86 bits per heavy atom. The highest BCUT2D eigenvalue weighted by Gasteiger charge is 1.57. The zero-order chi connectivity index (χ0) is 5.54. The Labute approximate surface area is 49.2 Å². The Kier molecular flexibility index (Phi) is 5.26. The summed E-state index contributed by atoms with van der Waals surface area (Å²) in [6.45, 7) is 2.05. The molecule has 0 aromatic rings. The van der Waals surface area contributed by atoms with Crippen LogP contribution in [0.2, 0.25) is 0 Å². The van der Waals surface area contributed by atoms with Crippen LogP contribution in [0.25, 0.3) is 0 Å². The summed E-state index contributed by atoms with van der Waals surface area (Å²) in [5.74, 6) is 2.58. The lowest BCUT2D eigenvalue weighted by molar-refractivity contribution is 1.23. The third-order valence-corrected chi connectivity index (χ3v) is 0.601. The van der Waals surface area contributed by atoms with Crippen LogP contribution in [0.5, 0.6) is 0 Å². The summed E-state index contributed by atoms with van der Waals surface area (Å²) in [6.07, 6.45) is 4.72. The molecule has 1 heteroatoms. The maximum absolute atomic E-state index is 5.02. The van der Waals surface area contributed by atoms with Crippen LogP contribution < -0.4 is 0 Å².